The maximum Gasteiger partial charge on any atom is 0.258 e. The minimum Gasteiger partial charge on any atom is -0.454 e. The quantitative estimate of drug-likeness (QED) is 0.694. The lowest BCUT2D eigenvalue weighted by Crippen LogP contribution is -2.24. The molecule has 7 heteroatoms. The average Bonchev–Trinajstić information content (AvgIpc) is 3.43. The number of hydrogen-bond acceptors (Lipinski definition) is 6. The average molecular weight is 377 g/mol. The Bertz CT molecular complexity index is 1030. The number of amides is 1. The van der Waals surface area contributed by atoms with Gasteiger partial charge in [0.2, 0.25) is 12.7 Å². The van der Waals surface area contributed by atoms with Crippen molar-refractivity contribution in [1.29, 1.82) is 0 Å². The molecule has 1 fully saturated rings. The largest absolute Gasteiger partial charge is 0.454 e. The van der Waals surface area contributed by atoms with E-state index in [9.17, 15) is 4.79 Å². The summed E-state index contributed by atoms with van der Waals surface area (Å²) in [6, 6.07) is 13.7. The highest BCUT2D eigenvalue weighted by Crippen LogP contribution is 2.36. The molecule has 2 aliphatic heterocycles. The zero-order valence-electron chi connectivity index (χ0n) is 15.4. The van der Waals surface area contributed by atoms with Crippen LogP contribution in [0.2, 0.25) is 0 Å². The van der Waals surface area contributed by atoms with Gasteiger partial charge in [-0.1, -0.05) is 35.0 Å². The molecule has 3 heterocycles. The van der Waals surface area contributed by atoms with Crippen molar-refractivity contribution < 1.29 is 18.8 Å². The summed E-state index contributed by atoms with van der Waals surface area (Å²) in [5.41, 5.74) is 3.09. The number of aromatic nitrogens is 2. The number of rotatable bonds is 4. The van der Waals surface area contributed by atoms with E-state index in [-0.39, 0.29) is 18.6 Å². The van der Waals surface area contributed by atoms with E-state index in [2.05, 4.69) is 41.3 Å². The Morgan fingerprint density at radius 2 is 1.93 bits per heavy atom. The van der Waals surface area contributed by atoms with Gasteiger partial charge in [0.15, 0.2) is 17.3 Å². The number of carbonyl (C=O) groups is 1. The molecule has 0 radical (unpaired) electrons. The third-order valence-corrected chi connectivity index (χ3v) is 5.13. The molecule has 0 spiro atoms. The number of likely N-dealkylation sites (tertiary alicyclic amines) is 1. The Balaban J connectivity index is 1.31. The number of ether oxygens (including phenoxy) is 2. The molecule has 1 unspecified atom stereocenters. The number of aryl methyl sites for hydroxylation is 1. The van der Waals surface area contributed by atoms with Crippen LogP contribution >= 0.6 is 0 Å². The van der Waals surface area contributed by atoms with Gasteiger partial charge in [-0.3, -0.25) is 4.79 Å². The lowest BCUT2D eigenvalue weighted by Gasteiger charge is -2.16. The Hall–Kier alpha value is -3.35. The summed E-state index contributed by atoms with van der Waals surface area (Å²) < 4.78 is 16.2. The fourth-order valence-corrected chi connectivity index (χ4v) is 3.56. The molecular formula is C21H19N3O4. The first-order valence-electron chi connectivity index (χ1n) is 9.22. The highest BCUT2D eigenvalue weighted by molar-refractivity contribution is 5.79. The van der Waals surface area contributed by atoms with E-state index < -0.39 is 0 Å². The summed E-state index contributed by atoms with van der Waals surface area (Å²) in [6.45, 7) is 3.46. The van der Waals surface area contributed by atoms with E-state index >= 15 is 0 Å². The van der Waals surface area contributed by atoms with Crippen molar-refractivity contribution in [3.63, 3.8) is 0 Å². The zero-order chi connectivity index (χ0) is 19.1. The molecule has 3 aromatic rings. The van der Waals surface area contributed by atoms with Gasteiger partial charge in [0.05, 0.1) is 0 Å². The fraction of sp³-hybridized carbons (Fsp3) is 0.286. The van der Waals surface area contributed by atoms with E-state index in [1.807, 2.05) is 23.1 Å². The van der Waals surface area contributed by atoms with Crippen molar-refractivity contribution in [2.75, 3.05) is 13.3 Å². The molecule has 2 aliphatic rings. The summed E-state index contributed by atoms with van der Waals surface area (Å²) in [7, 11) is 0. The molecule has 28 heavy (non-hydrogen) atoms. The van der Waals surface area contributed by atoms with Gasteiger partial charge in [-0.2, -0.15) is 4.98 Å². The minimum absolute atomic E-state index is 0.0653. The number of fused-ring (bicyclic) bond motifs is 1. The molecule has 142 valence electrons. The van der Waals surface area contributed by atoms with Gasteiger partial charge in [-0.15, -0.1) is 0 Å². The standard InChI is InChI=1S/C21H19N3O4/c1-13-2-4-14(5-3-13)10-24-11-16(9-19(24)25)20-22-21(28-23-20)15-6-7-17-18(8-15)27-12-26-17/h2-8,16H,9-12H2,1H3. The molecule has 7 nitrogen and oxygen atoms in total. The zero-order valence-corrected chi connectivity index (χ0v) is 15.4. The second kappa shape index (κ2) is 6.67. The third-order valence-electron chi connectivity index (χ3n) is 5.13. The van der Waals surface area contributed by atoms with Crippen LogP contribution in [0.1, 0.15) is 29.3 Å². The van der Waals surface area contributed by atoms with Crippen LogP contribution in [0.5, 0.6) is 11.5 Å². The van der Waals surface area contributed by atoms with Crippen LogP contribution in [-0.4, -0.2) is 34.3 Å². The molecule has 1 aromatic heterocycles. The van der Waals surface area contributed by atoms with E-state index in [0.29, 0.717) is 42.7 Å². The Labute approximate surface area is 161 Å². The van der Waals surface area contributed by atoms with Gasteiger partial charge in [0, 0.05) is 31.0 Å². The predicted molar refractivity (Wildman–Crippen MR) is 99.8 cm³/mol. The van der Waals surface area contributed by atoms with E-state index in [4.69, 9.17) is 14.0 Å². The van der Waals surface area contributed by atoms with Crippen LogP contribution in [0.15, 0.2) is 47.0 Å². The molecule has 1 atom stereocenters. The number of nitrogens with zero attached hydrogens (tertiary/aromatic N) is 3. The number of benzene rings is 2. The van der Waals surface area contributed by atoms with Gasteiger partial charge in [0.1, 0.15) is 0 Å². The monoisotopic (exact) mass is 377 g/mol. The number of carbonyl (C=O) groups excluding carboxylic acids is 1. The van der Waals surface area contributed by atoms with Crippen molar-refractivity contribution in [2.45, 2.75) is 25.8 Å². The second-order valence-electron chi connectivity index (χ2n) is 7.19. The Kier molecular flexibility index (Phi) is 4.00. The number of hydrogen-bond donors (Lipinski definition) is 0. The first-order valence-corrected chi connectivity index (χ1v) is 9.22. The maximum atomic E-state index is 12.4. The fourth-order valence-electron chi connectivity index (χ4n) is 3.56. The van der Waals surface area contributed by atoms with Crippen molar-refractivity contribution in [3.8, 4) is 23.0 Å². The van der Waals surface area contributed by atoms with Crippen LogP contribution < -0.4 is 9.47 Å². The maximum absolute atomic E-state index is 12.4. The lowest BCUT2D eigenvalue weighted by molar-refractivity contribution is -0.128. The van der Waals surface area contributed by atoms with Crippen LogP contribution in [0, 0.1) is 6.92 Å². The van der Waals surface area contributed by atoms with Crippen LogP contribution in [0.25, 0.3) is 11.5 Å². The molecule has 0 saturated carbocycles. The first kappa shape index (κ1) is 16.8. The Morgan fingerprint density at radius 3 is 2.79 bits per heavy atom. The van der Waals surface area contributed by atoms with Gasteiger partial charge in [0.25, 0.3) is 5.89 Å². The van der Waals surface area contributed by atoms with Crippen molar-refractivity contribution >= 4 is 5.91 Å². The van der Waals surface area contributed by atoms with E-state index in [1.165, 1.54) is 5.56 Å². The topological polar surface area (TPSA) is 77.7 Å². The molecular weight excluding hydrogens is 358 g/mol. The van der Waals surface area contributed by atoms with Crippen LogP contribution in [0.4, 0.5) is 0 Å². The highest BCUT2D eigenvalue weighted by atomic mass is 16.7. The Morgan fingerprint density at radius 1 is 1.11 bits per heavy atom. The summed E-state index contributed by atoms with van der Waals surface area (Å²) >= 11 is 0. The third kappa shape index (κ3) is 3.09. The van der Waals surface area contributed by atoms with Gasteiger partial charge in [-0.05, 0) is 30.7 Å². The highest BCUT2D eigenvalue weighted by Gasteiger charge is 2.33. The van der Waals surface area contributed by atoms with Crippen LogP contribution in [0.3, 0.4) is 0 Å². The van der Waals surface area contributed by atoms with Crippen molar-refractivity contribution in [2.24, 2.45) is 0 Å². The smallest absolute Gasteiger partial charge is 0.258 e. The van der Waals surface area contributed by atoms with Gasteiger partial charge in [-0.25, -0.2) is 0 Å². The lowest BCUT2D eigenvalue weighted by atomic mass is 10.1. The second-order valence-corrected chi connectivity index (χ2v) is 7.19. The summed E-state index contributed by atoms with van der Waals surface area (Å²) in [4.78, 5) is 18.8. The van der Waals surface area contributed by atoms with E-state index in [1.54, 1.807) is 0 Å². The molecule has 0 bridgehead atoms. The summed E-state index contributed by atoms with van der Waals surface area (Å²) in [5.74, 6) is 2.39. The molecule has 0 aliphatic carbocycles. The molecule has 1 amide bonds. The normalized spacial score (nSPS) is 18.1. The molecule has 0 N–H and O–H groups in total. The van der Waals surface area contributed by atoms with Crippen LogP contribution in [-0.2, 0) is 11.3 Å². The van der Waals surface area contributed by atoms with E-state index in [0.717, 1.165) is 11.1 Å². The van der Waals surface area contributed by atoms with Crippen molar-refractivity contribution in [1.82, 2.24) is 15.0 Å². The summed E-state index contributed by atoms with van der Waals surface area (Å²) in [5, 5.41) is 4.12. The van der Waals surface area contributed by atoms with Crippen molar-refractivity contribution in [3.05, 3.63) is 59.4 Å². The minimum atomic E-state index is -0.0653. The predicted octanol–water partition coefficient (Wildman–Crippen LogP) is 3.29. The van der Waals surface area contributed by atoms with Gasteiger partial charge < -0.3 is 18.9 Å². The molecule has 5 rings (SSSR count). The molecule has 1 saturated heterocycles. The summed E-state index contributed by atoms with van der Waals surface area (Å²) in [6.07, 6.45) is 0.395. The first-order chi connectivity index (χ1) is 13.7. The molecule has 2 aromatic carbocycles. The van der Waals surface area contributed by atoms with Gasteiger partial charge >= 0.3 is 0 Å². The SMILES string of the molecule is Cc1ccc(CN2CC(c3noc(-c4ccc5c(c4)OCO5)n3)CC2=O)cc1.